The summed E-state index contributed by atoms with van der Waals surface area (Å²) in [5.41, 5.74) is -0.998. The van der Waals surface area contributed by atoms with Crippen molar-refractivity contribution < 1.29 is 23.1 Å². The minimum absolute atomic E-state index is 0.100. The molecular weight excluding hydrogens is 403 g/mol. The zero-order valence-corrected chi connectivity index (χ0v) is 16.0. The molecule has 0 spiro atoms. The van der Waals surface area contributed by atoms with Gasteiger partial charge >= 0.3 is 6.18 Å². The topological polar surface area (TPSA) is 91.6 Å². The van der Waals surface area contributed by atoms with Gasteiger partial charge in [0.05, 0.1) is 10.5 Å². The molecule has 2 heterocycles. The molecule has 0 unspecified atom stereocenters. The lowest BCUT2D eigenvalue weighted by Crippen LogP contribution is -2.26. The number of aliphatic hydroxyl groups excluding tert-OH is 1. The minimum atomic E-state index is -5.18. The highest BCUT2D eigenvalue weighted by Crippen LogP contribution is 2.27. The van der Waals surface area contributed by atoms with Gasteiger partial charge in [0, 0.05) is 20.3 Å². The highest BCUT2D eigenvalue weighted by atomic mass is 32.2. The highest BCUT2D eigenvalue weighted by Gasteiger charge is 2.41. The molecule has 7 nitrogen and oxygen atoms in total. The van der Waals surface area contributed by atoms with Gasteiger partial charge in [-0.3, -0.25) is 4.79 Å². The van der Waals surface area contributed by atoms with E-state index in [4.69, 9.17) is 0 Å². The lowest BCUT2D eigenvalue weighted by atomic mass is 10.1. The van der Waals surface area contributed by atoms with Gasteiger partial charge in [-0.2, -0.15) is 28.1 Å². The lowest BCUT2D eigenvalue weighted by Gasteiger charge is -2.10. The predicted molar refractivity (Wildman–Crippen MR) is 99.0 cm³/mol. The van der Waals surface area contributed by atoms with Crippen molar-refractivity contribution in [1.82, 2.24) is 15.0 Å². The summed E-state index contributed by atoms with van der Waals surface area (Å²) in [6.07, 6.45) is -2.85. The zero-order valence-electron chi connectivity index (χ0n) is 14.4. The third kappa shape index (κ3) is 5.26. The molecule has 0 aliphatic rings. The van der Waals surface area contributed by atoms with Crippen LogP contribution in [0.2, 0.25) is 0 Å². The Kier molecular flexibility index (Phi) is 6.54. The Morgan fingerprint density at radius 1 is 1.33 bits per heavy atom. The first-order valence-electron chi connectivity index (χ1n) is 7.23. The zero-order chi connectivity index (χ0) is 20.2. The number of Topliss-reactive ketones (excluding diaryl/α,β-unsaturated/α-hetero) is 1. The van der Waals surface area contributed by atoms with Crippen LogP contribution in [0.5, 0.6) is 0 Å². The standard InChI is InChI=1S/C15H14F3N5O2S2/c1-23(2)13-20-12(21-14(22-13)26-3)19-7-8(11(25)15(16,17)18)10(24)9-5-4-6-27-9/h4-7,24H,1-3H3. The van der Waals surface area contributed by atoms with Gasteiger partial charge in [-0.1, -0.05) is 17.8 Å². The fourth-order valence-corrected chi connectivity index (χ4v) is 2.76. The average molecular weight is 417 g/mol. The number of ketones is 1. The lowest BCUT2D eigenvalue weighted by molar-refractivity contribution is -0.165. The number of hydrogen-bond acceptors (Lipinski definition) is 9. The van der Waals surface area contributed by atoms with Crippen molar-refractivity contribution >= 4 is 52.8 Å². The van der Waals surface area contributed by atoms with Crippen molar-refractivity contribution in [3.8, 4) is 0 Å². The monoisotopic (exact) mass is 417 g/mol. The first kappa shape index (κ1) is 20.8. The second kappa shape index (κ2) is 8.48. The fourth-order valence-electron chi connectivity index (χ4n) is 1.73. The Balaban J connectivity index is 2.52. The number of carbonyl (C=O) groups is 1. The van der Waals surface area contributed by atoms with Crippen LogP contribution in [0.4, 0.5) is 25.1 Å². The number of halogens is 3. The highest BCUT2D eigenvalue weighted by molar-refractivity contribution is 7.98. The summed E-state index contributed by atoms with van der Waals surface area (Å²) in [6, 6.07) is 2.92. The number of anilines is 1. The van der Waals surface area contributed by atoms with E-state index in [1.54, 1.807) is 30.6 Å². The van der Waals surface area contributed by atoms with Crippen LogP contribution in [0, 0.1) is 0 Å². The minimum Gasteiger partial charge on any atom is -0.506 e. The molecule has 1 N–H and O–H groups in total. The van der Waals surface area contributed by atoms with E-state index in [0.29, 0.717) is 11.4 Å². The average Bonchev–Trinajstić information content (AvgIpc) is 3.15. The normalized spacial score (nSPS) is 13.0. The Labute approximate surface area is 160 Å². The maximum atomic E-state index is 12.9. The largest absolute Gasteiger partial charge is 0.506 e. The molecule has 0 atom stereocenters. The van der Waals surface area contributed by atoms with Gasteiger partial charge in [0.15, 0.2) is 5.16 Å². The smallest absolute Gasteiger partial charge is 0.455 e. The van der Waals surface area contributed by atoms with Crippen LogP contribution in [-0.4, -0.2) is 58.6 Å². The molecule has 144 valence electrons. The van der Waals surface area contributed by atoms with E-state index in [1.165, 1.54) is 23.9 Å². The number of thiophene rings is 1. The molecule has 0 saturated carbocycles. The number of thioether (sulfide) groups is 1. The van der Waals surface area contributed by atoms with Crippen LogP contribution < -0.4 is 4.90 Å². The predicted octanol–water partition coefficient (Wildman–Crippen LogP) is 3.52. The Morgan fingerprint density at radius 2 is 2.04 bits per heavy atom. The van der Waals surface area contributed by atoms with E-state index in [1.807, 2.05) is 0 Å². The van der Waals surface area contributed by atoms with E-state index >= 15 is 0 Å². The second-order valence-electron chi connectivity index (χ2n) is 5.14. The molecule has 0 radical (unpaired) electrons. The van der Waals surface area contributed by atoms with E-state index < -0.39 is 23.3 Å². The first-order valence-corrected chi connectivity index (χ1v) is 9.34. The van der Waals surface area contributed by atoms with Crippen molar-refractivity contribution in [2.45, 2.75) is 11.3 Å². The van der Waals surface area contributed by atoms with Gasteiger partial charge < -0.3 is 10.0 Å². The Morgan fingerprint density at radius 3 is 2.56 bits per heavy atom. The van der Waals surface area contributed by atoms with Crippen molar-refractivity contribution in [1.29, 1.82) is 0 Å². The molecule has 0 fully saturated rings. The van der Waals surface area contributed by atoms with E-state index in [9.17, 15) is 23.1 Å². The number of rotatable bonds is 6. The summed E-state index contributed by atoms with van der Waals surface area (Å²) in [5.74, 6) is -2.98. The molecule has 0 aromatic carbocycles. The molecule has 2 aromatic rings. The van der Waals surface area contributed by atoms with E-state index in [2.05, 4.69) is 19.9 Å². The summed E-state index contributed by atoms with van der Waals surface area (Å²) >= 11 is 2.18. The fraction of sp³-hybridized carbons (Fsp3) is 0.267. The summed E-state index contributed by atoms with van der Waals surface area (Å²) in [7, 11) is 3.35. The van der Waals surface area contributed by atoms with Crippen LogP contribution >= 0.6 is 23.1 Å². The van der Waals surface area contributed by atoms with Crippen molar-refractivity contribution in [2.24, 2.45) is 4.99 Å². The van der Waals surface area contributed by atoms with E-state index in [-0.39, 0.29) is 16.8 Å². The van der Waals surface area contributed by atoms with Gasteiger partial charge in [0.1, 0.15) is 5.76 Å². The van der Waals surface area contributed by atoms with E-state index in [0.717, 1.165) is 11.3 Å². The summed E-state index contributed by atoms with van der Waals surface area (Å²) < 4.78 is 38.7. The molecular formula is C15H14F3N5O2S2. The van der Waals surface area contributed by atoms with Gasteiger partial charge in [-0.05, 0) is 17.7 Å². The second-order valence-corrected chi connectivity index (χ2v) is 6.86. The SMILES string of the molecule is CSc1nc(N=CC(C(=O)C(F)(F)F)=C(O)c2cccs2)nc(N(C)C)n1. The third-order valence-corrected chi connectivity index (χ3v) is 4.42. The Bertz CT molecular complexity index is 880. The number of allylic oxidation sites excluding steroid dienone is 1. The maximum Gasteiger partial charge on any atom is 0.455 e. The number of carbonyl (C=O) groups excluding carboxylic acids is 1. The van der Waals surface area contributed by atoms with Crippen LogP contribution in [-0.2, 0) is 4.79 Å². The summed E-state index contributed by atoms with van der Waals surface area (Å²) in [5, 5.41) is 12.0. The number of aliphatic hydroxyl groups is 1. The number of aliphatic imine (C=N–C) groups is 1. The summed E-state index contributed by atoms with van der Waals surface area (Å²) in [6.45, 7) is 0. The van der Waals surface area contributed by atoms with Crippen LogP contribution in [0.3, 0.4) is 0 Å². The molecule has 0 bridgehead atoms. The maximum absolute atomic E-state index is 12.9. The van der Waals surface area contributed by atoms with Gasteiger partial charge in [-0.15, -0.1) is 11.3 Å². The van der Waals surface area contributed by atoms with Crippen molar-refractivity contribution in [3.63, 3.8) is 0 Å². The number of hydrogen-bond donors (Lipinski definition) is 1. The third-order valence-electron chi connectivity index (χ3n) is 2.99. The van der Waals surface area contributed by atoms with Crippen LogP contribution in [0.15, 0.2) is 33.2 Å². The van der Waals surface area contributed by atoms with Crippen LogP contribution in [0.1, 0.15) is 4.88 Å². The molecule has 0 aliphatic carbocycles. The summed E-state index contributed by atoms with van der Waals surface area (Å²) in [4.78, 5) is 29.2. The van der Waals surface area contributed by atoms with Gasteiger partial charge in [0.25, 0.3) is 11.7 Å². The van der Waals surface area contributed by atoms with Crippen molar-refractivity contribution in [3.05, 3.63) is 28.0 Å². The Hall–Kier alpha value is -2.47. The van der Waals surface area contributed by atoms with Crippen molar-refractivity contribution in [2.75, 3.05) is 25.3 Å². The van der Waals surface area contributed by atoms with Crippen LogP contribution in [0.25, 0.3) is 5.76 Å². The number of nitrogens with zero attached hydrogens (tertiary/aromatic N) is 5. The van der Waals surface area contributed by atoms with Gasteiger partial charge in [0.2, 0.25) is 5.95 Å². The molecule has 2 rings (SSSR count). The quantitative estimate of drug-likeness (QED) is 0.333. The molecule has 12 heteroatoms. The molecule has 0 amide bonds. The molecule has 0 saturated heterocycles. The number of alkyl halides is 3. The molecule has 0 aliphatic heterocycles. The molecule has 27 heavy (non-hydrogen) atoms. The molecule has 2 aromatic heterocycles. The van der Waals surface area contributed by atoms with Gasteiger partial charge in [-0.25, -0.2) is 4.99 Å². The number of aromatic nitrogens is 3. The first-order chi connectivity index (χ1) is 12.6.